The Balaban J connectivity index is 1.99. The molecule has 2 N–H and O–H groups in total. The van der Waals surface area contributed by atoms with Crippen LogP contribution in [0, 0.1) is 0 Å². The lowest BCUT2D eigenvalue weighted by atomic mass is 10.2. The molecule has 2 aromatic rings. The van der Waals surface area contributed by atoms with E-state index in [4.69, 9.17) is 16.7 Å². The zero-order chi connectivity index (χ0) is 17.7. The first kappa shape index (κ1) is 18.3. The van der Waals surface area contributed by atoms with Crippen LogP contribution in [0.3, 0.4) is 0 Å². The predicted molar refractivity (Wildman–Crippen MR) is 86.5 cm³/mol. The van der Waals surface area contributed by atoms with E-state index < -0.39 is 30.8 Å². The topological polar surface area (TPSA) is 79.3 Å². The van der Waals surface area contributed by atoms with Crippen LogP contribution in [0.1, 0.15) is 12.1 Å². The van der Waals surface area contributed by atoms with Gasteiger partial charge in [-0.2, -0.15) is 0 Å². The Morgan fingerprint density at radius 3 is 2.54 bits per heavy atom. The molecule has 1 aromatic carbocycles. The minimum atomic E-state index is -2.82. The Labute approximate surface area is 145 Å². The zero-order valence-corrected chi connectivity index (χ0v) is 13.8. The molecule has 2 rings (SSSR count). The van der Waals surface area contributed by atoms with Crippen molar-refractivity contribution in [3.8, 4) is 10.6 Å². The molecule has 1 aromatic heterocycles. The summed E-state index contributed by atoms with van der Waals surface area (Å²) >= 11 is 7.13. The van der Waals surface area contributed by atoms with Crippen molar-refractivity contribution in [1.82, 2.24) is 10.3 Å². The largest absolute Gasteiger partial charge is 0.480 e. The number of nitrogens with zero attached hydrogens (tertiary/aromatic N) is 1. The first-order chi connectivity index (χ1) is 11.3. The van der Waals surface area contributed by atoms with E-state index in [0.717, 1.165) is 5.56 Å². The van der Waals surface area contributed by atoms with Gasteiger partial charge in [0.1, 0.15) is 11.0 Å². The summed E-state index contributed by atoms with van der Waals surface area (Å²) < 4.78 is 24.6. The van der Waals surface area contributed by atoms with Crippen LogP contribution in [-0.4, -0.2) is 34.4 Å². The summed E-state index contributed by atoms with van der Waals surface area (Å²) in [5, 5.41) is 13.8. The summed E-state index contributed by atoms with van der Waals surface area (Å²) in [6.07, 6.45) is -3.94. The molecule has 128 valence electrons. The van der Waals surface area contributed by atoms with Crippen LogP contribution in [-0.2, 0) is 16.0 Å². The fourth-order valence-electron chi connectivity index (χ4n) is 1.92. The Morgan fingerprint density at radius 2 is 1.96 bits per heavy atom. The second kappa shape index (κ2) is 8.16. The molecule has 1 unspecified atom stereocenters. The molecule has 1 atom stereocenters. The van der Waals surface area contributed by atoms with E-state index in [1.807, 2.05) is 0 Å². The number of amides is 1. The molecule has 24 heavy (non-hydrogen) atoms. The number of hydrogen-bond acceptors (Lipinski definition) is 4. The van der Waals surface area contributed by atoms with Gasteiger partial charge in [-0.1, -0.05) is 23.7 Å². The van der Waals surface area contributed by atoms with E-state index in [0.29, 0.717) is 15.7 Å². The predicted octanol–water partition coefficient (Wildman–Crippen LogP) is 3.23. The molecular weight excluding hydrogens is 362 g/mol. The van der Waals surface area contributed by atoms with Crippen LogP contribution in [0.5, 0.6) is 0 Å². The molecule has 5 nitrogen and oxygen atoms in total. The Morgan fingerprint density at radius 1 is 1.29 bits per heavy atom. The summed E-state index contributed by atoms with van der Waals surface area (Å²) in [6, 6.07) is 5.38. The van der Waals surface area contributed by atoms with Crippen LogP contribution in [0.25, 0.3) is 10.6 Å². The molecule has 0 aliphatic heterocycles. The SMILES string of the molecule is O=C(Cc1csc(-c2ccc(Cl)cc2)n1)NC(CC(F)F)C(=O)O. The highest BCUT2D eigenvalue weighted by molar-refractivity contribution is 7.13. The van der Waals surface area contributed by atoms with Crippen LogP contribution in [0.4, 0.5) is 8.78 Å². The molecule has 9 heteroatoms. The quantitative estimate of drug-likeness (QED) is 0.779. The van der Waals surface area contributed by atoms with Crippen molar-refractivity contribution in [2.45, 2.75) is 25.3 Å². The number of carboxylic acid groups (broad SMARTS) is 1. The summed E-state index contributed by atoms with van der Waals surface area (Å²) in [5.74, 6) is -2.17. The number of halogens is 3. The fraction of sp³-hybridized carbons (Fsp3) is 0.267. The molecule has 0 bridgehead atoms. The minimum absolute atomic E-state index is 0.183. The Hall–Kier alpha value is -2.06. The van der Waals surface area contributed by atoms with Gasteiger partial charge in [0.15, 0.2) is 0 Å². The second-order valence-electron chi connectivity index (χ2n) is 4.91. The van der Waals surface area contributed by atoms with Crippen LogP contribution in [0.2, 0.25) is 5.02 Å². The highest BCUT2D eigenvalue weighted by Gasteiger charge is 2.24. The summed E-state index contributed by atoms with van der Waals surface area (Å²) in [7, 11) is 0. The number of hydrogen-bond donors (Lipinski definition) is 2. The molecule has 0 spiro atoms. The van der Waals surface area contributed by atoms with Gasteiger partial charge in [0, 0.05) is 22.4 Å². The van der Waals surface area contributed by atoms with Crippen molar-refractivity contribution in [1.29, 1.82) is 0 Å². The van der Waals surface area contributed by atoms with E-state index in [1.54, 1.807) is 29.6 Å². The van der Waals surface area contributed by atoms with E-state index in [2.05, 4.69) is 10.3 Å². The molecular formula is C15H13ClF2N2O3S. The molecule has 0 saturated heterocycles. The first-order valence-corrected chi connectivity index (χ1v) is 8.11. The number of alkyl halides is 2. The van der Waals surface area contributed by atoms with Gasteiger partial charge in [-0.25, -0.2) is 18.6 Å². The molecule has 0 aliphatic rings. The van der Waals surface area contributed by atoms with Crippen LogP contribution < -0.4 is 5.32 Å². The second-order valence-corrected chi connectivity index (χ2v) is 6.21. The lowest BCUT2D eigenvalue weighted by Crippen LogP contribution is -2.42. The van der Waals surface area contributed by atoms with Gasteiger partial charge < -0.3 is 10.4 Å². The number of benzene rings is 1. The van der Waals surface area contributed by atoms with Crippen molar-refractivity contribution in [2.24, 2.45) is 0 Å². The van der Waals surface area contributed by atoms with E-state index in [-0.39, 0.29) is 6.42 Å². The number of nitrogens with one attached hydrogen (secondary N) is 1. The van der Waals surface area contributed by atoms with Crippen LogP contribution in [0.15, 0.2) is 29.6 Å². The number of thiazole rings is 1. The fourth-order valence-corrected chi connectivity index (χ4v) is 2.87. The molecule has 0 aliphatic carbocycles. The summed E-state index contributed by atoms with van der Waals surface area (Å²) in [4.78, 5) is 27.0. The van der Waals surface area contributed by atoms with Gasteiger partial charge in [-0.05, 0) is 12.1 Å². The third kappa shape index (κ3) is 5.24. The van der Waals surface area contributed by atoms with Crippen molar-refractivity contribution in [2.75, 3.05) is 0 Å². The van der Waals surface area contributed by atoms with Crippen molar-refractivity contribution in [3.05, 3.63) is 40.4 Å². The van der Waals surface area contributed by atoms with Gasteiger partial charge in [0.2, 0.25) is 12.3 Å². The van der Waals surface area contributed by atoms with Crippen molar-refractivity contribution in [3.63, 3.8) is 0 Å². The summed E-state index contributed by atoms with van der Waals surface area (Å²) in [6.45, 7) is 0. The minimum Gasteiger partial charge on any atom is -0.480 e. The van der Waals surface area contributed by atoms with Gasteiger partial charge in [0.25, 0.3) is 0 Å². The standard InChI is InChI=1S/C15H13ClF2N2O3S/c16-9-3-1-8(2-4-9)14-19-10(7-24-14)5-13(21)20-11(15(22)23)6-12(17)18/h1-4,7,11-12H,5-6H2,(H,20,21)(H,22,23). The Kier molecular flexibility index (Phi) is 6.22. The van der Waals surface area contributed by atoms with Crippen molar-refractivity contribution < 1.29 is 23.5 Å². The lowest BCUT2D eigenvalue weighted by Gasteiger charge is -2.13. The van der Waals surface area contributed by atoms with Gasteiger partial charge in [0.05, 0.1) is 12.1 Å². The monoisotopic (exact) mass is 374 g/mol. The molecule has 0 radical (unpaired) electrons. The normalized spacial score (nSPS) is 12.2. The van der Waals surface area contributed by atoms with Gasteiger partial charge >= 0.3 is 5.97 Å². The maximum absolute atomic E-state index is 12.3. The zero-order valence-electron chi connectivity index (χ0n) is 12.2. The van der Waals surface area contributed by atoms with Crippen LogP contribution >= 0.6 is 22.9 Å². The van der Waals surface area contributed by atoms with E-state index in [9.17, 15) is 18.4 Å². The summed E-state index contributed by atoms with van der Waals surface area (Å²) in [5.41, 5.74) is 1.26. The number of carbonyl (C=O) groups is 2. The average molecular weight is 375 g/mol. The van der Waals surface area contributed by atoms with Crippen molar-refractivity contribution >= 4 is 34.8 Å². The maximum atomic E-state index is 12.3. The average Bonchev–Trinajstić information content (AvgIpc) is 2.95. The molecule has 1 heterocycles. The third-order valence-electron chi connectivity index (χ3n) is 3.03. The number of carbonyl (C=O) groups excluding carboxylic acids is 1. The number of aliphatic carboxylic acids is 1. The van der Waals surface area contributed by atoms with Gasteiger partial charge in [-0.15, -0.1) is 11.3 Å². The maximum Gasteiger partial charge on any atom is 0.326 e. The number of carboxylic acids is 1. The molecule has 1 amide bonds. The third-order valence-corrected chi connectivity index (χ3v) is 4.22. The highest BCUT2D eigenvalue weighted by Crippen LogP contribution is 2.25. The Bertz CT molecular complexity index is 722. The first-order valence-electron chi connectivity index (χ1n) is 6.86. The number of rotatable bonds is 7. The molecule has 0 saturated carbocycles. The smallest absolute Gasteiger partial charge is 0.326 e. The lowest BCUT2D eigenvalue weighted by molar-refractivity contribution is -0.142. The molecule has 0 fully saturated rings. The highest BCUT2D eigenvalue weighted by atomic mass is 35.5. The van der Waals surface area contributed by atoms with Gasteiger partial charge in [-0.3, -0.25) is 4.79 Å². The number of aromatic nitrogens is 1. The van der Waals surface area contributed by atoms with E-state index in [1.165, 1.54) is 11.3 Å². The van der Waals surface area contributed by atoms with E-state index >= 15 is 0 Å².